The third kappa shape index (κ3) is 3.26. The van der Waals surface area contributed by atoms with Crippen molar-refractivity contribution in [2.24, 2.45) is 0 Å². The third-order valence-electron chi connectivity index (χ3n) is 3.13. The summed E-state index contributed by atoms with van der Waals surface area (Å²) < 4.78 is 5.10. The van der Waals surface area contributed by atoms with Gasteiger partial charge in [-0.25, -0.2) is 9.69 Å². The molecule has 1 N–H and O–H groups in total. The van der Waals surface area contributed by atoms with Crippen molar-refractivity contribution in [2.75, 3.05) is 10.2 Å². The van der Waals surface area contributed by atoms with E-state index in [2.05, 4.69) is 5.32 Å². The van der Waals surface area contributed by atoms with Crippen molar-refractivity contribution >= 4 is 29.3 Å². The Morgan fingerprint density at radius 3 is 2.09 bits per heavy atom. The summed E-state index contributed by atoms with van der Waals surface area (Å²) in [7, 11) is 0. The summed E-state index contributed by atoms with van der Waals surface area (Å²) in [4.78, 5) is 36.0. The van der Waals surface area contributed by atoms with Gasteiger partial charge >= 0.3 is 6.09 Å². The van der Waals surface area contributed by atoms with Gasteiger partial charge in [0, 0.05) is 17.8 Å². The number of imide groups is 1. The largest absolute Gasteiger partial charge is 0.417 e. The summed E-state index contributed by atoms with van der Waals surface area (Å²) in [6, 6.07) is 15.0. The molecule has 23 heavy (non-hydrogen) atoms. The Morgan fingerprint density at radius 1 is 0.870 bits per heavy atom. The molecule has 114 valence electrons. The standard InChI is InChI=1S/C17H12N2O4/c20-15-10-11-16(21)19(15)13-8-6-12(7-9-13)18-17(22)23-14-4-2-1-3-5-14/h1-11H,(H,18,22). The van der Waals surface area contributed by atoms with Crippen LogP contribution in [0.1, 0.15) is 0 Å². The number of rotatable bonds is 3. The van der Waals surface area contributed by atoms with E-state index in [0.717, 1.165) is 4.90 Å². The van der Waals surface area contributed by atoms with Crippen molar-refractivity contribution in [2.45, 2.75) is 0 Å². The first-order chi connectivity index (χ1) is 11.1. The van der Waals surface area contributed by atoms with Gasteiger partial charge in [0.1, 0.15) is 5.75 Å². The quantitative estimate of drug-likeness (QED) is 0.885. The molecule has 1 aliphatic heterocycles. The van der Waals surface area contributed by atoms with Crippen molar-refractivity contribution in [3.63, 3.8) is 0 Å². The minimum atomic E-state index is -0.626. The number of para-hydroxylation sites is 1. The second-order valence-electron chi connectivity index (χ2n) is 4.72. The van der Waals surface area contributed by atoms with Crippen LogP contribution in [0, 0.1) is 0 Å². The van der Waals surface area contributed by atoms with Crippen molar-refractivity contribution in [3.05, 3.63) is 66.7 Å². The van der Waals surface area contributed by atoms with Crippen LogP contribution in [0.25, 0.3) is 0 Å². The normalized spacial score (nSPS) is 13.3. The molecular weight excluding hydrogens is 296 g/mol. The van der Waals surface area contributed by atoms with E-state index < -0.39 is 6.09 Å². The fourth-order valence-corrected chi connectivity index (χ4v) is 2.09. The molecule has 0 unspecified atom stereocenters. The van der Waals surface area contributed by atoms with Crippen LogP contribution >= 0.6 is 0 Å². The van der Waals surface area contributed by atoms with Crippen LogP contribution in [0.2, 0.25) is 0 Å². The number of amides is 3. The van der Waals surface area contributed by atoms with E-state index in [-0.39, 0.29) is 11.8 Å². The molecule has 0 spiro atoms. The minimum Gasteiger partial charge on any atom is -0.410 e. The number of hydrogen-bond acceptors (Lipinski definition) is 4. The molecule has 1 heterocycles. The summed E-state index contributed by atoms with van der Waals surface area (Å²) >= 11 is 0. The molecule has 0 fully saturated rings. The maximum absolute atomic E-state index is 11.8. The van der Waals surface area contributed by atoms with Crippen LogP contribution in [0.15, 0.2) is 66.7 Å². The van der Waals surface area contributed by atoms with Gasteiger partial charge in [-0.2, -0.15) is 0 Å². The van der Waals surface area contributed by atoms with E-state index in [9.17, 15) is 14.4 Å². The van der Waals surface area contributed by atoms with E-state index in [1.54, 1.807) is 48.5 Å². The minimum absolute atomic E-state index is 0.390. The van der Waals surface area contributed by atoms with E-state index in [4.69, 9.17) is 4.74 Å². The summed E-state index contributed by atoms with van der Waals surface area (Å²) in [5.74, 6) is -0.348. The average molecular weight is 308 g/mol. The van der Waals surface area contributed by atoms with Crippen LogP contribution in [-0.2, 0) is 9.59 Å². The zero-order valence-electron chi connectivity index (χ0n) is 11.9. The lowest BCUT2D eigenvalue weighted by atomic mass is 10.2. The number of benzene rings is 2. The fraction of sp³-hybridized carbons (Fsp3) is 0. The number of carbonyl (C=O) groups excluding carboxylic acids is 3. The van der Waals surface area contributed by atoms with E-state index in [1.165, 1.54) is 12.2 Å². The zero-order valence-corrected chi connectivity index (χ0v) is 11.9. The molecule has 3 amide bonds. The average Bonchev–Trinajstić information content (AvgIpc) is 2.88. The Labute approximate surface area is 132 Å². The molecule has 2 aromatic rings. The zero-order chi connectivity index (χ0) is 16.2. The van der Waals surface area contributed by atoms with Crippen LogP contribution in [0.4, 0.5) is 16.2 Å². The van der Waals surface area contributed by atoms with E-state index in [0.29, 0.717) is 17.1 Å². The summed E-state index contributed by atoms with van der Waals surface area (Å²) in [5, 5.41) is 2.57. The van der Waals surface area contributed by atoms with Crippen molar-refractivity contribution in [1.82, 2.24) is 0 Å². The molecule has 3 rings (SSSR count). The number of carbonyl (C=O) groups is 3. The van der Waals surface area contributed by atoms with E-state index in [1.807, 2.05) is 6.07 Å². The molecule has 0 aromatic heterocycles. The molecule has 0 radical (unpaired) electrons. The van der Waals surface area contributed by atoms with Gasteiger partial charge in [-0.3, -0.25) is 14.9 Å². The number of nitrogens with zero attached hydrogens (tertiary/aromatic N) is 1. The van der Waals surface area contributed by atoms with Crippen molar-refractivity contribution < 1.29 is 19.1 Å². The highest BCUT2D eigenvalue weighted by atomic mass is 16.6. The van der Waals surface area contributed by atoms with Gasteiger partial charge < -0.3 is 4.74 Å². The molecule has 0 saturated heterocycles. The highest BCUT2D eigenvalue weighted by Crippen LogP contribution is 2.21. The summed E-state index contributed by atoms with van der Waals surface area (Å²) in [6.45, 7) is 0. The second-order valence-corrected chi connectivity index (χ2v) is 4.72. The van der Waals surface area contributed by atoms with Gasteiger partial charge in [0.05, 0.1) is 5.69 Å². The predicted octanol–water partition coefficient (Wildman–Crippen LogP) is 2.73. The van der Waals surface area contributed by atoms with Gasteiger partial charge in [0.15, 0.2) is 0 Å². The first-order valence-electron chi connectivity index (χ1n) is 6.83. The molecule has 0 saturated carbocycles. The number of hydrogen-bond donors (Lipinski definition) is 1. The van der Waals surface area contributed by atoms with Crippen LogP contribution in [0.3, 0.4) is 0 Å². The molecule has 1 aliphatic rings. The Morgan fingerprint density at radius 2 is 1.48 bits per heavy atom. The van der Waals surface area contributed by atoms with Gasteiger partial charge in [-0.15, -0.1) is 0 Å². The van der Waals surface area contributed by atoms with Gasteiger partial charge in [0.2, 0.25) is 0 Å². The van der Waals surface area contributed by atoms with Crippen molar-refractivity contribution in [3.8, 4) is 5.75 Å². The lowest BCUT2D eigenvalue weighted by molar-refractivity contribution is -0.119. The van der Waals surface area contributed by atoms with Gasteiger partial charge in [-0.05, 0) is 36.4 Å². The van der Waals surface area contributed by atoms with Gasteiger partial charge in [-0.1, -0.05) is 18.2 Å². The Kier molecular flexibility index (Phi) is 3.88. The van der Waals surface area contributed by atoms with Crippen molar-refractivity contribution in [1.29, 1.82) is 0 Å². The number of anilines is 2. The van der Waals surface area contributed by atoms with Crippen LogP contribution < -0.4 is 15.0 Å². The Balaban J connectivity index is 1.65. The summed E-state index contributed by atoms with van der Waals surface area (Å²) in [5.41, 5.74) is 0.925. The van der Waals surface area contributed by atoms with Crippen LogP contribution in [0.5, 0.6) is 5.75 Å². The fourth-order valence-electron chi connectivity index (χ4n) is 2.09. The SMILES string of the molecule is O=C(Nc1ccc(N2C(=O)C=CC2=O)cc1)Oc1ccccc1. The number of ether oxygens (including phenoxy) is 1. The maximum Gasteiger partial charge on any atom is 0.417 e. The molecule has 0 atom stereocenters. The first kappa shape index (κ1) is 14.5. The van der Waals surface area contributed by atoms with Gasteiger partial charge in [0.25, 0.3) is 11.8 Å². The molecular formula is C17H12N2O4. The highest BCUT2D eigenvalue weighted by molar-refractivity contribution is 6.28. The smallest absolute Gasteiger partial charge is 0.410 e. The monoisotopic (exact) mass is 308 g/mol. The molecule has 0 bridgehead atoms. The predicted molar refractivity (Wildman–Crippen MR) is 84.2 cm³/mol. The molecule has 6 nitrogen and oxygen atoms in total. The highest BCUT2D eigenvalue weighted by Gasteiger charge is 2.24. The maximum atomic E-state index is 11.8. The topological polar surface area (TPSA) is 75.7 Å². The van der Waals surface area contributed by atoms with E-state index >= 15 is 0 Å². The molecule has 0 aliphatic carbocycles. The molecule has 6 heteroatoms. The number of nitrogens with one attached hydrogen (secondary N) is 1. The third-order valence-corrected chi connectivity index (χ3v) is 3.13. The summed E-state index contributed by atoms with van der Waals surface area (Å²) in [6.07, 6.45) is 1.80. The second kappa shape index (κ2) is 6.15. The molecule has 2 aromatic carbocycles. The Bertz CT molecular complexity index is 764. The first-order valence-corrected chi connectivity index (χ1v) is 6.83. The lowest BCUT2D eigenvalue weighted by Gasteiger charge is -2.14. The van der Waals surface area contributed by atoms with Crippen LogP contribution in [-0.4, -0.2) is 17.9 Å². The lowest BCUT2D eigenvalue weighted by Crippen LogP contribution is -2.29. The Hall–Kier alpha value is -3.41.